The van der Waals surface area contributed by atoms with Crippen molar-refractivity contribution in [2.75, 3.05) is 38.1 Å². The predicted octanol–water partition coefficient (Wildman–Crippen LogP) is 1.94. The van der Waals surface area contributed by atoms with Crippen LogP contribution in [0.5, 0.6) is 0 Å². The lowest BCUT2D eigenvalue weighted by Gasteiger charge is -2.35. The van der Waals surface area contributed by atoms with E-state index < -0.39 is 6.10 Å². The van der Waals surface area contributed by atoms with Crippen LogP contribution in [0.2, 0.25) is 0 Å². The zero-order chi connectivity index (χ0) is 13.3. The van der Waals surface area contributed by atoms with Crippen molar-refractivity contribution in [3.8, 4) is 0 Å². The third-order valence-electron chi connectivity index (χ3n) is 3.60. The second kappa shape index (κ2) is 5.24. The lowest BCUT2D eigenvalue weighted by molar-refractivity contribution is 0.198. The highest BCUT2D eigenvalue weighted by Crippen LogP contribution is 2.29. The molecule has 0 spiro atoms. The van der Waals surface area contributed by atoms with Gasteiger partial charge >= 0.3 is 0 Å². The van der Waals surface area contributed by atoms with Crippen LogP contribution in [0.25, 0.3) is 0 Å². The Morgan fingerprint density at radius 1 is 1.22 bits per heavy atom. The molecule has 1 aliphatic heterocycles. The second-order valence-corrected chi connectivity index (χ2v) is 5.13. The van der Waals surface area contributed by atoms with Gasteiger partial charge in [-0.3, -0.25) is 0 Å². The summed E-state index contributed by atoms with van der Waals surface area (Å²) in [6, 6.07) is 3.32. The normalized spacial score (nSPS) is 19.1. The highest BCUT2D eigenvalue weighted by molar-refractivity contribution is 5.57. The van der Waals surface area contributed by atoms with E-state index in [9.17, 15) is 9.50 Å². The van der Waals surface area contributed by atoms with Crippen LogP contribution in [0, 0.1) is 12.7 Å². The SMILES string of the molecule is Cc1cc(N2CCN(C)CC2)c(C(C)O)cc1F. The maximum atomic E-state index is 13.6. The molecule has 18 heavy (non-hydrogen) atoms. The summed E-state index contributed by atoms with van der Waals surface area (Å²) in [6.45, 7) is 7.28. The minimum Gasteiger partial charge on any atom is -0.389 e. The molecule has 1 aromatic carbocycles. The van der Waals surface area contributed by atoms with Gasteiger partial charge in [0.25, 0.3) is 0 Å². The summed E-state index contributed by atoms with van der Waals surface area (Å²) < 4.78 is 13.6. The Bertz CT molecular complexity index is 426. The first-order valence-electron chi connectivity index (χ1n) is 6.40. The Labute approximate surface area is 108 Å². The number of hydrogen-bond donors (Lipinski definition) is 1. The predicted molar refractivity (Wildman–Crippen MR) is 71.5 cm³/mol. The number of halogens is 1. The quantitative estimate of drug-likeness (QED) is 0.871. The van der Waals surface area contributed by atoms with Crippen molar-refractivity contribution in [2.45, 2.75) is 20.0 Å². The molecule has 1 atom stereocenters. The van der Waals surface area contributed by atoms with Crippen LogP contribution in [0.3, 0.4) is 0 Å². The Balaban J connectivity index is 2.33. The minimum absolute atomic E-state index is 0.247. The third-order valence-corrected chi connectivity index (χ3v) is 3.60. The number of nitrogens with zero attached hydrogens (tertiary/aromatic N) is 2. The summed E-state index contributed by atoms with van der Waals surface area (Å²) in [5.74, 6) is -0.247. The Hall–Kier alpha value is -1.13. The Morgan fingerprint density at radius 2 is 1.83 bits per heavy atom. The molecule has 0 saturated carbocycles. The van der Waals surface area contributed by atoms with Crippen molar-refractivity contribution >= 4 is 5.69 Å². The fourth-order valence-corrected chi connectivity index (χ4v) is 2.34. The molecule has 1 aliphatic rings. The summed E-state index contributed by atoms with van der Waals surface area (Å²) in [7, 11) is 2.10. The molecule has 4 heteroatoms. The number of piperazine rings is 1. The average Bonchev–Trinajstić information content (AvgIpc) is 2.33. The van der Waals surface area contributed by atoms with Gasteiger partial charge in [-0.1, -0.05) is 0 Å². The molecule has 0 radical (unpaired) electrons. The van der Waals surface area contributed by atoms with Crippen LogP contribution in [0.1, 0.15) is 24.2 Å². The summed E-state index contributed by atoms with van der Waals surface area (Å²) in [5, 5.41) is 9.80. The molecule has 0 aliphatic carbocycles. The van der Waals surface area contributed by atoms with Crippen molar-refractivity contribution in [2.24, 2.45) is 0 Å². The van der Waals surface area contributed by atoms with E-state index in [1.54, 1.807) is 13.8 Å². The maximum absolute atomic E-state index is 13.6. The number of hydrogen-bond acceptors (Lipinski definition) is 3. The minimum atomic E-state index is -0.644. The van der Waals surface area contributed by atoms with Crippen LogP contribution in [0.4, 0.5) is 10.1 Å². The molecule has 0 aromatic heterocycles. The molecule has 100 valence electrons. The van der Waals surface area contributed by atoms with Crippen molar-refractivity contribution in [1.29, 1.82) is 0 Å². The zero-order valence-electron chi connectivity index (χ0n) is 11.3. The number of aliphatic hydroxyl groups is 1. The summed E-state index contributed by atoms with van der Waals surface area (Å²) in [6.07, 6.45) is -0.644. The van der Waals surface area contributed by atoms with Crippen LogP contribution in [-0.2, 0) is 0 Å². The summed E-state index contributed by atoms with van der Waals surface area (Å²) in [4.78, 5) is 4.50. The van der Waals surface area contributed by atoms with Gasteiger partial charge in [0.05, 0.1) is 6.10 Å². The molecule has 1 saturated heterocycles. The highest BCUT2D eigenvalue weighted by Gasteiger charge is 2.20. The van der Waals surface area contributed by atoms with Gasteiger partial charge in [-0.2, -0.15) is 0 Å². The monoisotopic (exact) mass is 252 g/mol. The van der Waals surface area contributed by atoms with Crippen LogP contribution in [-0.4, -0.2) is 43.2 Å². The van der Waals surface area contributed by atoms with Crippen LogP contribution >= 0.6 is 0 Å². The topological polar surface area (TPSA) is 26.7 Å². The van der Waals surface area contributed by atoms with E-state index in [4.69, 9.17) is 0 Å². The molecule has 0 amide bonds. The molecule has 1 N–H and O–H groups in total. The maximum Gasteiger partial charge on any atom is 0.126 e. The number of anilines is 1. The number of likely N-dealkylation sites (N-methyl/N-ethyl adjacent to an activating group) is 1. The number of benzene rings is 1. The molecule has 1 fully saturated rings. The second-order valence-electron chi connectivity index (χ2n) is 5.13. The van der Waals surface area contributed by atoms with Crippen molar-refractivity contribution in [3.05, 3.63) is 29.1 Å². The van der Waals surface area contributed by atoms with Gasteiger partial charge in [-0.15, -0.1) is 0 Å². The first kappa shape index (κ1) is 13.3. The number of rotatable bonds is 2. The molecular formula is C14H21FN2O. The first-order valence-corrected chi connectivity index (χ1v) is 6.40. The standard InChI is InChI=1S/C14H21FN2O/c1-10-8-14(12(11(2)18)9-13(10)15)17-6-4-16(3)5-7-17/h8-9,11,18H,4-7H2,1-3H3. The first-order chi connectivity index (χ1) is 8.49. The fraction of sp³-hybridized carbons (Fsp3) is 0.571. The van der Waals surface area contributed by atoms with Gasteiger partial charge in [-0.05, 0) is 38.6 Å². The van der Waals surface area contributed by atoms with Crippen molar-refractivity contribution in [1.82, 2.24) is 4.90 Å². The highest BCUT2D eigenvalue weighted by atomic mass is 19.1. The summed E-state index contributed by atoms with van der Waals surface area (Å²) in [5.41, 5.74) is 2.29. The molecule has 2 rings (SSSR count). The number of aryl methyl sites for hydroxylation is 1. The van der Waals surface area contributed by atoms with E-state index in [2.05, 4.69) is 16.8 Å². The Kier molecular flexibility index (Phi) is 3.88. The van der Waals surface area contributed by atoms with E-state index in [1.807, 2.05) is 6.07 Å². The van der Waals surface area contributed by atoms with Crippen LogP contribution in [0.15, 0.2) is 12.1 Å². The van der Waals surface area contributed by atoms with E-state index in [1.165, 1.54) is 6.07 Å². The smallest absolute Gasteiger partial charge is 0.126 e. The van der Waals surface area contributed by atoms with E-state index >= 15 is 0 Å². The molecular weight excluding hydrogens is 231 g/mol. The van der Waals surface area contributed by atoms with Gasteiger partial charge in [-0.25, -0.2) is 4.39 Å². The lowest BCUT2D eigenvalue weighted by Crippen LogP contribution is -2.45. The molecule has 0 bridgehead atoms. The van der Waals surface area contributed by atoms with E-state index in [-0.39, 0.29) is 5.82 Å². The zero-order valence-corrected chi connectivity index (χ0v) is 11.3. The Morgan fingerprint density at radius 3 is 2.39 bits per heavy atom. The fourth-order valence-electron chi connectivity index (χ4n) is 2.34. The molecule has 1 aromatic rings. The van der Waals surface area contributed by atoms with Gasteiger partial charge in [0.15, 0.2) is 0 Å². The lowest BCUT2D eigenvalue weighted by atomic mass is 10.0. The van der Waals surface area contributed by atoms with Crippen molar-refractivity contribution in [3.63, 3.8) is 0 Å². The van der Waals surface area contributed by atoms with Crippen LogP contribution < -0.4 is 4.90 Å². The van der Waals surface area contributed by atoms with Gasteiger partial charge in [0.1, 0.15) is 5.82 Å². The summed E-state index contributed by atoms with van der Waals surface area (Å²) >= 11 is 0. The van der Waals surface area contributed by atoms with Gasteiger partial charge in [0, 0.05) is 37.4 Å². The van der Waals surface area contributed by atoms with Gasteiger partial charge in [0.2, 0.25) is 0 Å². The molecule has 1 heterocycles. The van der Waals surface area contributed by atoms with E-state index in [0.29, 0.717) is 11.1 Å². The molecule has 1 unspecified atom stereocenters. The molecule has 3 nitrogen and oxygen atoms in total. The van der Waals surface area contributed by atoms with Crippen molar-refractivity contribution < 1.29 is 9.50 Å². The average molecular weight is 252 g/mol. The largest absolute Gasteiger partial charge is 0.389 e. The number of aliphatic hydroxyl groups excluding tert-OH is 1. The van der Waals surface area contributed by atoms with Gasteiger partial charge < -0.3 is 14.9 Å². The third kappa shape index (κ3) is 2.65. The van der Waals surface area contributed by atoms with E-state index in [0.717, 1.165) is 31.9 Å².